The Hall–Kier alpha value is -1.61. The maximum absolute atomic E-state index is 4.44. The van der Waals surface area contributed by atoms with Crippen LogP contribution in [0.2, 0.25) is 0 Å². The van der Waals surface area contributed by atoms with Gasteiger partial charge in [0.15, 0.2) is 0 Å². The van der Waals surface area contributed by atoms with E-state index in [1.165, 1.54) is 5.56 Å². The van der Waals surface area contributed by atoms with Gasteiger partial charge in [0, 0.05) is 23.8 Å². The van der Waals surface area contributed by atoms with Crippen LogP contribution < -0.4 is 5.32 Å². The molecule has 0 fully saturated rings. The van der Waals surface area contributed by atoms with E-state index in [0.29, 0.717) is 5.41 Å². The molecular weight excluding hydrogens is 258 g/mol. The van der Waals surface area contributed by atoms with Crippen LogP contribution in [0.5, 0.6) is 0 Å². The van der Waals surface area contributed by atoms with E-state index in [1.54, 1.807) is 0 Å². The van der Waals surface area contributed by atoms with Crippen molar-refractivity contribution in [3.05, 3.63) is 48.3 Å². The Kier molecular flexibility index (Phi) is 4.52. The molecule has 1 aromatic heterocycles. The molecule has 2 aromatic rings. The van der Waals surface area contributed by atoms with Crippen LogP contribution in [0.4, 0.5) is 0 Å². The molecule has 0 radical (unpaired) electrons. The fraction of sp³-hybridized carbons (Fsp3) is 0.500. The zero-order valence-corrected chi connectivity index (χ0v) is 13.9. The molecule has 2 rings (SSSR count). The molecule has 0 bridgehead atoms. The Bertz CT molecular complexity index is 562. The lowest BCUT2D eigenvalue weighted by molar-refractivity contribution is 0.241. The summed E-state index contributed by atoms with van der Waals surface area (Å²) in [6.07, 6.45) is 5.16. The molecule has 1 N–H and O–H groups in total. The Labute approximate surface area is 128 Å². The minimum atomic E-state index is 0.118. The lowest BCUT2D eigenvalue weighted by atomic mass is 9.82. The van der Waals surface area contributed by atoms with E-state index in [9.17, 15) is 0 Å². The van der Waals surface area contributed by atoms with Gasteiger partial charge in [-0.15, -0.1) is 0 Å². The summed E-state index contributed by atoms with van der Waals surface area (Å²) in [7, 11) is 0. The molecule has 0 spiro atoms. The summed E-state index contributed by atoms with van der Waals surface area (Å²) in [5.41, 5.74) is 2.75. The van der Waals surface area contributed by atoms with Crippen molar-refractivity contribution >= 4 is 0 Å². The van der Waals surface area contributed by atoms with Gasteiger partial charge in [0.25, 0.3) is 0 Å². The number of benzene rings is 1. The average molecular weight is 285 g/mol. The Balaban J connectivity index is 1.97. The molecule has 0 aliphatic rings. The van der Waals surface area contributed by atoms with Crippen molar-refractivity contribution in [3.8, 4) is 5.69 Å². The second kappa shape index (κ2) is 6.02. The summed E-state index contributed by atoms with van der Waals surface area (Å²) >= 11 is 0. The summed E-state index contributed by atoms with van der Waals surface area (Å²) in [5.74, 6) is 0. The topological polar surface area (TPSA) is 29.9 Å². The summed E-state index contributed by atoms with van der Waals surface area (Å²) in [4.78, 5) is 0. The first kappa shape index (κ1) is 15.8. The van der Waals surface area contributed by atoms with Crippen molar-refractivity contribution in [2.45, 2.75) is 53.1 Å². The van der Waals surface area contributed by atoms with E-state index in [-0.39, 0.29) is 5.54 Å². The third kappa shape index (κ3) is 5.01. The maximum atomic E-state index is 4.44. The van der Waals surface area contributed by atoms with Crippen molar-refractivity contribution < 1.29 is 0 Å². The van der Waals surface area contributed by atoms with Crippen molar-refractivity contribution in [2.75, 3.05) is 0 Å². The molecule has 0 saturated heterocycles. The molecule has 114 valence electrons. The van der Waals surface area contributed by atoms with Crippen LogP contribution >= 0.6 is 0 Å². The molecule has 0 atom stereocenters. The highest BCUT2D eigenvalue weighted by Crippen LogP contribution is 2.27. The van der Waals surface area contributed by atoms with E-state index in [4.69, 9.17) is 0 Å². The number of rotatable bonds is 5. The molecule has 3 nitrogen and oxygen atoms in total. The van der Waals surface area contributed by atoms with E-state index in [2.05, 4.69) is 63.4 Å². The minimum Gasteiger partial charge on any atom is -0.308 e. The molecule has 1 heterocycles. The van der Waals surface area contributed by atoms with Crippen LogP contribution in [0.15, 0.2) is 42.7 Å². The van der Waals surface area contributed by atoms with Crippen LogP contribution in [0.25, 0.3) is 5.69 Å². The second-order valence-corrected chi connectivity index (χ2v) is 7.60. The van der Waals surface area contributed by atoms with Gasteiger partial charge in [-0.05, 0) is 37.8 Å². The van der Waals surface area contributed by atoms with E-state index in [1.807, 2.05) is 29.1 Å². The van der Waals surface area contributed by atoms with Gasteiger partial charge in [-0.25, -0.2) is 4.68 Å². The fourth-order valence-electron chi connectivity index (χ4n) is 2.90. The van der Waals surface area contributed by atoms with Gasteiger partial charge in [0.2, 0.25) is 0 Å². The normalized spacial score (nSPS) is 12.6. The van der Waals surface area contributed by atoms with Crippen LogP contribution in [0.1, 0.15) is 46.6 Å². The lowest BCUT2D eigenvalue weighted by Crippen LogP contribution is -2.41. The van der Waals surface area contributed by atoms with Gasteiger partial charge in [-0.2, -0.15) is 5.10 Å². The van der Waals surface area contributed by atoms with Crippen LogP contribution in [0.3, 0.4) is 0 Å². The van der Waals surface area contributed by atoms with Gasteiger partial charge >= 0.3 is 0 Å². The summed E-state index contributed by atoms with van der Waals surface area (Å²) in [6.45, 7) is 12.2. The second-order valence-electron chi connectivity index (χ2n) is 7.60. The summed E-state index contributed by atoms with van der Waals surface area (Å²) in [5, 5.41) is 8.08. The predicted octanol–water partition coefficient (Wildman–Crippen LogP) is 4.18. The molecule has 0 unspecified atom stereocenters. The predicted molar refractivity (Wildman–Crippen MR) is 88.6 cm³/mol. The third-order valence-corrected chi connectivity index (χ3v) is 3.40. The smallest absolute Gasteiger partial charge is 0.0645 e. The zero-order valence-electron chi connectivity index (χ0n) is 13.9. The van der Waals surface area contributed by atoms with Gasteiger partial charge in [0.1, 0.15) is 0 Å². The first-order chi connectivity index (χ1) is 9.75. The summed E-state index contributed by atoms with van der Waals surface area (Å²) < 4.78 is 1.92. The summed E-state index contributed by atoms with van der Waals surface area (Å²) in [6, 6.07) is 10.2. The number of nitrogens with zero attached hydrogens (tertiary/aromatic N) is 2. The molecular formula is C18H27N3. The SMILES string of the molecule is CC(C)(C)CC(C)(C)NCc1cnn(-c2ccccc2)c1. The van der Waals surface area contributed by atoms with Crippen LogP contribution in [-0.4, -0.2) is 15.3 Å². The highest BCUT2D eigenvalue weighted by molar-refractivity contribution is 5.30. The molecule has 0 aliphatic heterocycles. The molecule has 0 amide bonds. The van der Waals surface area contributed by atoms with Gasteiger partial charge in [0.05, 0.1) is 11.9 Å². The molecule has 1 aromatic carbocycles. The van der Waals surface area contributed by atoms with Gasteiger partial charge in [-0.1, -0.05) is 39.0 Å². The number of para-hydroxylation sites is 1. The van der Waals surface area contributed by atoms with Crippen molar-refractivity contribution in [1.82, 2.24) is 15.1 Å². The number of hydrogen-bond donors (Lipinski definition) is 1. The minimum absolute atomic E-state index is 0.118. The number of nitrogens with one attached hydrogen (secondary N) is 1. The fourth-order valence-corrected chi connectivity index (χ4v) is 2.90. The number of aromatic nitrogens is 2. The first-order valence-corrected chi connectivity index (χ1v) is 7.59. The largest absolute Gasteiger partial charge is 0.308 e. The molecule has 0 saturated carbocycles. The highest BCUT2D eigenvalue weighted by Gasteiger charge is 2.24. The van der Waals surface area contributed by atoms with Crippen molar-refractivity contribution in [3.63, 3.8) is 0 Å². The third-order valence-electron chi connectivity index (χ3n) is 3.40. The van der Waals surface area contributed by atoms with E-state index < -0.39 is 0 Å². The lowest BCUT2D eigenvalue weighted by Gasteiger charge is -2.33. The maximum Gasteiger partial charge on any atom is 0.0645 e. The first-order valence-electron chi connectivity index (χ1n) is 7.59. The Morgan fingerprint density at radius 3 is 2.33 bits per heavy atom. The van der Waals surface area contributed by atoms with Crippen molar-refractivity contribution in [1.29, 1.82) is 0 Å². The number of hydrogen-bond acceptors (Lipinski definition) is 2. The highest BCUT2D eigenvalue weighted by atomic mass is 15.3. The molecule has 0 aliphatic carbocycles. The Morgan fingerprint density at radius 2 is 1.71 bits per heavy atom. The van der Waals surface area contributed by atoms with Crippen molar-refractivity contribution in [2.24, 2.45) is 5.41 Å². The van der Waals surface area contributed by atoms with E-state index in [0.717, 1.165) is 18.7 Å². The monoisotopic (exact) mass is 285 g/mol. The molecule has 21 heavy (non-hydrogen) atoms. The van der Waals surface area contributed by atoms with Crippen LogP contribution in [0, 0.1) is 5.41 Å². The quantitative estimate of drug-likeness (QED) is 0.893. The standard InChI is InChI=1S/C18H27N3/c1-17(2,3)14-18(4,5)19-11-15-12-20-21(13-15)16-9-7-6-8-10-16/h6-10,12-13,19H,11,14H2,1-5H3. The zero-order chi connectivity index (χ0) is 15.5. The van der Waals surface area contributed by atoms with Gasteiger partial charge < -0.3 is 5.32 Å². The molecule has 3 heteroatoms. The Morgan fingerprint density at radius 1 is 1.05 bits per heavy atom. The average Bonchev–Trinajstić information content (AvgIpc) is 2.84. The van der Waals surface area contributed by atoms with E-state index >= 15 is 0 Å². The van der Waals surface area contributed by atoms with Gasteiger partial charge in [-0.3, -0.25) is 0 Å². The van der Waals surface area contributed by atoms with Crippen LogP contribution in [-0.2, 0) is 6.54 Å².